The molecule has 18 heavy (non-hydrogen) atoms. The Labute approximate surface area is 114 Å². The van der Waals surface area contributed by atoms with Gasteiger partial charge in [-0.3, -0.25) is 4.99 Å². The molecule has 0 radical (unpaired) electrons. The van der Waals surface area contributed by atoms with Crippen LogP contribution in [0.4, 0.5) is 5.69 Å². The molecule has 0 saturated heterocycles. The van der Waals surface area contributed by atoms with Gasteiger partial charge in [-0.05, 0) is 55.9 Å². The predicted molar refractivity (Wildman–Crippen MR) is 78.9 cm³/mol. The van der Waals surface area contributed by atoms with Crippen molar-refractivity contribution in [1.82, 2.24) is 5.32 Å². The van der Waals surface area contributed by atoms with E-state index in [9.17, 15) is 0 Å². The third-order valence-corrected chi connectivity index (χ3v) is 3.52. The van der Waals surface area contributed by atoms with Gasteiger partial charge in [0.15, 0.2) is 5.96 Å². The first-order valence-electron chi connectivity index (χ1n) is 6.51. The minimum absolute atomic E-state index is 0. The number of hydrogen-bond acceptors (Lipinski definition) is 3. The summed E-state index contributed by atoms with van der Waals surface area (Å²) in [4.78, 5) is 4.42. The normalized spacial score (nSPS) is 21.4. The quantitative estimate of drug-likeness (QED) is 0.819. The molecule has 0 amide bonds. The minimum Gasteiger partial charge on any atom is -0.352 e. The highest BCUT2D eigenvalue weighted by Gasteiger charge is 2.13. The molecule has 1 heterocycles. The fourth-order valence-electron chi connectivity index (χ4n) is 2.58. The van der Waals surface area contributed by atoms with Crippen LogP contribution in [0.3, 0.4) is 0 Å². The van der Waals surface area contributed by atoms with Gasteiger partial charge in [0.2, 0.25) is 0 Å². The van der Waals surface area contributed by atoms with Gasteiger partial charge in [-0.15, -0.1) is 12.4 Å². The third kappa shape index (κ3) is 2.78. The van der Waals surface area contributed by atoms with Crippen LogP contribution in [-0.4, -0.2) is 18.5 Å². The summed E-state index contributed by atoms with van der Waals surface area (Å²) in [6, 6.07) is 7.16. The summed E-state index contributed by atoms with van der Waals surface area (Å²) >= 11 is 0. The summed E-state index contributed by atoms with van der Waals surface area (Å²) in [5.41, 5.74) is 4.19. The molecular formula is C14H20ClN3. The molecule has 1 unspecified atom stereocenters. The maximum atomic E-state index is 4.42. The molecule has 3 rings (SSSR count). The molecule has 4 heteroatoms. The number of nitrogens with zero attached hydrogens (tertiary/aromatic N) is 1. The number of rotatable bonds is 1. The van der Waals surface area contributed by atoms with Crippen molar-refractivity contribution in [2.75, 3.05) is 11.9 Å². The summed E-state index contributed by atoms with van der Waals surface area (Å²) in [6.07, 6.45) is 5.13. The molecule has 1 aromatic carbocycles. The molecule has 2 aliphatic rings. The fraction of sp³-hybridized carbons (Fsp3) is 0.500. The second kappa shape index (κ2) is 5.61. The fourth-order valence-corrected chi connectivity index (χ4v) is 2.58. The Morgan fingerprint density at radius 1 is 1.22 bits per heavy atom. The van der Waals surface area contributed by atoms with Gasteiger partial charge >= 0.3 is 0 Å². The maximum Gasteiger partial charge on any atom is 0.196 e. The Kier molecular flexibility index (Phi) is 4.12. The summed E-state index contributed by atoms with van der Waals surface area (Å²) in [7, 11) is 0. The maximum absolute atomic E-state index is 4.42. The van der Waals surface area contributed by atoms with E-state index in [1.807, 2.05) is 0 Å². The first kappa shape index (κ1) is 13.2. The number of hydrogen-bond donors (Lipinski definition) is 2. The smallest absolute Gasteiger partial charge is 0.196 e. The molecule has 0 aromatic heterocycles. The van der Waals surface area contributed by atoms with Crippen LogP contribution in [0.25, 0.3) is 0 Å². The molecule has 1 aliphatic heterocycles. The van der Waals surface area contributed by atoms with Crippen LogP contribution in [0.15, 0.2) is 23.2 Å². The Morgan fingerprint density at radius 3 is 2.72 bits per heavy atom. The van der Waals surface area contributed by atoms with Crippen molar-refractivity contribution in [1.29, 1.82) is 0 Å². The van der Waals surface area contributed by atoms with Crippen LogP contribution >= 0.6 is 12.4 Å². The molecule has 0 spiro atoms. The number of benzene rings is 1. The van der Waals surface area contributed by atoms with Gasteiger partial charge in [0, 0.05) is 11.7 Å². The number of fused-ring (bicyclic) bond motifs is 1. The average Bonchev–Trinajstić information content (AvgIpc) is 2.75. The topological polar surface area (TPSA) is 36.4 Å². The van der Waals surface area contributed by atoms with Crippen molar-refractivity contribution < 1.29 is 0 Å². The van der Waals surface area contributed by atoms with E-state index >= 15 is 0 Å². The lowest BCUT2D eigenvalue weighted by atomic mass is 9.91. The zero-order valence-electron chi connectivity index (χ0n) is 10.7. The zero-order chi connectivity index (χ0) is 11.7. The largest absolute Gasteiger partial charge is 0.352 e. The monoisotopic (exact) mass is 265 g/mol. The van der Waals surface area contributed by atoms with Gasteiger partial charge < -0.3 is 10.6 Å². The predicted octanol–water partition coefficient (Wildman–Crippen LogP) is 2.75. The van der Waals surface area contributed by atoms with Crippen LogP contribution in [0, 0.1) is 0 Å². The van der Waals surface area contributed by atoms with Crippen LogP contribution in [0.1, 0.15) is 30.9 Å². The van der Waals surface area contributed by atoms with E-state index < -0.39 is 0 Å². The molecule has 3 nitrogen and oxygen atoms in total. The molecule has 1 aliphatic carbocycles. The summed E-state index contributed by atoms with van der Waals surface area (Å²) in [5.74, 6) is 0.910. The zero-order valence-corrected chi connectivity index (χ0v) is 11.5. The van der Waals surface area contributed by atoms with Crippen LogP contribution in [-0.2, 0) is 12.8 Å². The first-order chi connectivity index (χ1) is 8.31. The molecule has 98 valence electrons. The Bertz CT molecular complexity index is 456. The molecule has 0 fully saturated rings. The van der Waals surface area contributed by atoms with Crippen molar-refractivity contribution in [3.05, 3.63) is 29.3 Å². The van der Waals surface area contributed by atoms with Crippen molar-refractivity contribution in [3.63, 3.8) is 0 Å². The van der Waals surface area contributed by atoms with E-state index in [2.05, 4.69) is 40.7 Å². The second-order valence-electron chi connectivity index (χ2n) is 5.05. The molecular weight excluding hydrogens is 246 g/mol. The Hall–Kier alpha value is -1.22. The van der Waals surface area contributed by atoms with Crippen LogP contribution < -0.4 is 10.6 Å². The highest BCUT2D eigenvalue weighted by atomic mass is 35.5. The van der Waals surface area contributed by atoms with E-state index in [0.717, 1.165) is 18.2 Å². The Morgan fingerprint density at radius 2 is 2.00 bits per heavy atom. The summed E-state index contributed by atoms with van der Waals surface area (Å²) < 4.78 is 0. The van der Waals surface area contributed by atoms with E-state index in [1.165, 1.54) is 36.8 Å². The van der Waals surface area contributed by atoms with Crippen LogP contribution in [0.2, 0.25) is 0 Å². The highest BCUT2D eigenvalue weighted by Crippen LogP contribution is 2.24. The third-order valence-electron chi connectivity index (χ3n) is 3.52. The van der Waals surface area contributed by atoms with Crippen molar-refractivity contribution >= 4 is 24.1 Å². The number of aryl methyl sites for hydroxylation is 2. The first-order valence-corrected chi connectivity index (χ1v) is 6.51. The van der Waals surface area contributed by atoms with E-state index in [4.69, 9.17) is 0 Å². The molecule has 1 atom stereocenters. The summed E-state index contributed by atoms with van der Waals surface area (Å²) in [6.45, 7) is 3.01. The SMILES string of the molecule is CC1CN=C(Nc2ccc3c(c2)CCCC3)N1.Cl. The second-order valence-corrected chi connectivity index (χ2v) is 5.05. The van der Waals surface area contributed by atoms with Gasteiger partial charge in [0.05, 0.1) is 6.54 Å². The minimum atomic E-state index is 0. The number of anilines is 1. The molecule has 0 saturated carbocycles. The molecule has 2 N–H and O–H groups in total. The lowest BCUT2D eigenvalue weighted by molar-refractivity contribution is 0.686. The summed E-state index contributed by atoms with van der Waals surface area (Å²) in [5, 5.41) is 6.68. The molecule has 0 bridgehead atoms. The lowest BCUT2D eigenvalue weighted by Crippen LogP contribution is -2.32. The highest BCUT2D eigenvalue weighted by molar-refractivity contribution is 5.95. The number of nitrogens with one attached hydrogen (secondary N) is 2. The van der Waals surface area contributed by atoms with E-state index in [-0.39, 0.29) is 12.4 Å². The van der Waals surface area contributed by atoms with Crippen molar-refractivity contribution in [2.45, 2.75) is 38.6 Å². The van der Waals surface area contributed by atoms with Crippen molar-refractivity contribution in [3.8, 4) is 0 Å². The molecule has 1 aromatic rings. The lowest BCUT2D eigenvalue weighted by Gasteiger charge is -2.17. The van der Waals surface area contributed by atoms with Gasteiger partial charge in [0.25, 0.3) is 0 Å². The van der Waals surface area contributed by atoms with Gasteiger partial charge in [-0.1, -0.05) is 6.07 Å². The van der Waals surface area contributed by atoms with Gasteiger partial charge in [0.1, 0.15) is 0 Å². The van der Waals surface area contributed by atoms with Crippen molar-refractivity contribution in [2.24, 2.45) is 4.99 Å². The average molecular weight is 266 g/mol. The Balaban J connectivity index is 0.00000120. The van der Waals surface area contributed by atoms with E-state index in [0.29, 0.717) is 6.04 Å². The number of guanidine groups is 1. The number of halogens is 1. The van der Waals surface area contributed by atoms with E-state index in [1.54, 1.807) is 0 Å². The standard InChI is InChI=1S/C14H19N3.ClH/c1-10-9-15-14(16-10)17-13-7-6-11-4-2-3-5-12(11)8-13;/h6-8,10H,2-5,9H2,1H3,(H2,15,16,17);1H. The van der Waals surface area contributed by atoms with Gasteiger partial charge in [-0.2, -0.15) is 0 Å². The number of aliphatic imine (C=N–C) groups is 1. The van der Waals surface area contributed by atoms with Crippen LogP contribution in [0.5, 0.6) is 0 Å². The van der Waals surface area contributed by atoms with Gasteiger partial charge in [-0.25, -0.2) is 0 Å².